The maximum absolute atomic E-state index is 12.2. The van der Waals surface area contributed by atoms with E-state index in [-0.39, 0.29) is 12.5 Å². The molecule has 0 radical (unpaired) electrons. The van der Waals surface area contributed by atoms with Crippen molar-refractivity contribution in [3.05, 3.63) is 66.2 Å². The number of nitrogens with one attached hydrogen (secondary N) is 1. The molecule has 1 unspecified atom stereocenters. The molecule has 1 amide bonds. The molecule has 0 aliphatic carbocycles. The lowest BCUT2D eigenvalue weighted by atomic mass is 10.0. The molecule has 0 bridgehead atoms. The normalized spacial score (nSPS) is 16.6. The number of ether oxygens (including phenoxy) is 1. The second kappa shape index (κ2) is 10.1. The highest BCUT2D eigenvalue weighted by Crippen LogP contribution is 2.12. The monoisotopic (exact) mass is 367 g/mol. The van der Waals surface area contributed by atoms with Gasteiger partial charge in [0.05, 0.1) is 0 Å². The summed E-state index contributed by atoms with van der Waals surface area (Å²) in [5.74, 6) is 0.638. The molecule has 1 saturated heterocycles. The van der Waals surface area contributed by atoms with Gasteiger partial charge in [-0.3, -0.25) is 9.69 Å². The lowest BCUT2D eigenvalue weighted by Gasteiger charge is -2.38. The predicted molar refractivity (Wildman–Crippen MR) is 108 cm³/mol. The Bertz CT molecular complexity index is 685. The second-order valence-electron chi connectivity index (χ2n) is 7.09. The fourth-order valence-corrected chi connectivity index (χ4v) is 3.35. The van der Waals surface area contributed by atoms with Gasteiger partial charge in [0, 0.05) is 38.8 Å². The summed E-state index contributed by atoms with van der Waals surface area (Å²) in [5, 5.41) is 3.06. The molecule has 3 rings (SSSR count). The summed E-state index contributed by atoms with van der Waals surface area (Å²) in [4.78, 5) is 17.1. The summed E-state index contributed by atoms with van der Waals surface area (Å²) < 4.78 is 5.55. The molecular weight excluding hydrogens is 338 g/mol. The van der Waals surface area contributed by atoms with Crippen molar-refractivity contribution in [2.75, 3.05) is 46.4 Å². The Morgan fingerprint density at radius 3 is 2.30 bits per heavy atom. The van der Waals surface area contributed by atoms with E-state index < -0.39 is 0 Å². The first-order valence-corrected chi connectivity index (χ1v) is 9.62. The van der Waals surface area contributed by atoms with Crippen molar-refractivity contribution in [1.82, 2.24) is 15.1 Å². The molecule has 0 saturated carbocycles. The average Bonchev–Trinajstić information content (AvgIpc) is 2.72. The van der Waals surface area contributed by atoms with E-state index in [9.17, 15) is 4.79 Å². The first-order chi connectivity index (χ1) is 13.2. The lowest BCUT2D eigenvalue weighted by Crippen LogP contribution is -2.53. The van der Waals surface area contributed by atoms with E-state index in [4.69, 9.17) is 4.74 Å². The van der Waals surface area contributed by atoms with Crippen molar-refractivity contribution in [1.29, 1.82) is 0 Å². The van der Waals surface area contributed by atoms with Gasteiger partial charge in [-0.15, -0.1) is 0 Å². The smallest absolute Gasteiger partial charge is 0.257 e. The van der Waals surface area contributed by atoms with Gasteiger partial charge in [-0.1, -0.05) is 48.5 Å². The van der Waals surface area contributed by atoms with Crippen LogP contribution in [-0.2, 0) is 11.2 Å². The zero-order valence-electron chi connectivity index (χ0n) is 16.0. The largest absolute Gasteiger partial charge is 0.484 e. The molecule has 2 aromatic rings. The van der Waals surface area contributed by atoms with Crippen LogP contribution in [0, 0.1) is 0 Å². The molecule has 1 N–H and O–H groups in total. The Kier molecular flexibility index (Phi) is 7.25. The van der Waals surface area contributed by atoms with Crippen molar-refractivity contribution >= 4 is 5.91 Å². The number of benzene rings is 2. The van der Waals surface area contributed by atoms with Crippen LogP contribution in [0.1, 0.15) is 5.56 Å². The zero-order valence-corrected chi connectivity index (χ0v) is 16.0. The molecule has 1 atom stereocenters. The first kappa shape index (κ1) is 19.4. The number of hydrogen-bond donors (Lipinski definition) is 1. The van der Waals surface area contributed by atoms with Gasteiger partial charge in [0.15, 0.2) is 6.61 Å². The van der Waals surface area contributed by atoms with Gasteiger partial charge in [-0.25, -0.2) is 0 Å². The molecule has 2 aromatic carbocycles. The minimum atomic E-state index is -0.0777. The van der Waals surface area contributed by atoms with Crippen molar-refractivity contribution in [3.63, 3.8) is 0 Å². The minimum Gasteiger partial charge on any atom is -0.484 e. The molecule has 1 aliphatic heterocycles. The Morgan fingerprint density at radius 2 is 1.63 bits per heavy atom. The summed E-state index contributed by atoms with van der Waals surface area (Å²) >= 11 is 0. The van der Waals surface area contributed by atoms with Gasteiger partial charge in [-0.2, -0.15) is 0 Å². The third-order valence-electron chi connectivity index (χ3n) is 5.02. The van der Waals surface area contributed by atoms with Crippen LogP contribution in [0.2, 0.25) is 0 Å². The third-order valence-corrected chi connectivity index (χ3v) is 5.02. The van der Waals surface area contributed by atoms with Crippen LogP contribution < -0.4 is 10.1 Å². The average molecular weight is 367 g/mol. The number of nitrogens with zero attached hydrogens (tertiary/aromatic N) is 2. The molecule has 144 valence electrons. The number of rotatable bonds is 8. The van der Waals surface area contributed by atoms with E-state index in [1.165, 1.54) is 5.56 Å². The minimum absolute atomic E-state index is 0.0464. The molecule has 0 aromatic heterocycles. The predicted octanol–water partition coefficient (Wildman–Crippen LogP) is 2.04. The molecule has 0 spiro atoms. The number of hydrogen-bond acceptors (Lipinski definition) is 4. The fourth-order valence-electron chi connectivity index (χ4n) is 3.35. The van der Waals surface area contributed by atoms with E-state index in [1.54, 1.807) is 0 Å². The number of para-hydroxylation sites is 1. The first-order valence-electron chi connectivity index (χ1n) is 9.62. The molecule has 1 heterocycles. The summed E-state index contributed by atoms with van der Waals surface area (Å²) in [6.07, 6.45) is 0.935. The topological polar surface area (TPSA) is 44.8 Å². The van der Waals surface area contributed by atoms with Gasteiger partial charge in [0.25, 0.3) is 5.91 Å². The molecular formula is C22H29N3O2. The Balaban J connectivity index is 1.53. The van der Waals surface area contributed by atoms with E-state index >= 15 is 0 Å². The van der Waals surface area contributed by atoms with Gasteiger partial charge in [0.1, 0.15) is 5.75 Å². The highest BCUT2D eigenvalue weighted by atomic mass is 16.5. The SMILES string of the molecule is CN1CCN(C(CNC(=O)COc2ccccc2)Cc2ccccc2)CC1. The summed E-state index contributed by atoms with van der Waals surface area (Å²) in [7, 11) is 2.16. The van der Waals surface area contributed by atoms with Crippen molar-refractivity contribution < 1.29 is 9.53 Å². The van der Waals surface area contributed by atoms with E-state index in [0.29, 0.717) is 18.3 Å². The molecule has 5 heteroatoms. The third kappa shape index (κ3) is 6.38. The number of carbonyl (C=O) groups excluding carboxylic acids is 1. The maximum atomic E-state index is 12.2. The summed E-state index contributed by atoms with van der Waals surface area (Å²) in [5.41, 5.74) is 1.30. The van der Waals surface area contributed by atoms with Crippen LogP contribution in [0.25, 0.3) is 0 Å². The molecule has 27 heavy (non-hydrogen) atoms. The molecule has 1 fully saturated rings. The van der Waals surface area contributed by atoms with Gasteiger partial charge >= 0.3 is 0 Å². The highest BCUT2D eigenvalue weighted by molar-refractivity contribution is 5.77. The standard InChI is InChI=1S/C22H29N3O2/c1-24-12-14-25(15-13-24)20(16-19-8-4-2-5-9-19)17-23-22(26)18-27-21-10-6-3-7-11-21/h2-11,20H,12-18H2,1H3,(H,23,26). The maximum Gasteiger partial charge on any atom is 0.257 e. The number of carbonyl (C=O) groups is 1. The van der Waals surface area contributed by atoms with Crippen molar-refractivity contribution in [3.8, 4) is 5.75 Å². The summed E-state index contributed by atoms with van der Waals surface area (Å²) in [6, 6.07) is 20.2. The van der Waals surface area contributed by atoms with Crippen LogP contribution >= 0.6 is 0 Å². The van der Waals surface area contributed by atoms with Crippen LogP contribution in [0.5, 0.6) is 5.75 Å². The van der Waals surface area contributed by atoms with Gasteiger partial charge < -0.3 is 15.0 Å². The highest BCUT2D eigenvalue weighted by Gasteiger charge is 2.23. The lowest BCUT2D eigenvalue weighted by molar-refractivity contribution is -0.123. The molecule has 1 aliphatic rings. The van der Waals surface area contributed by atoms with Crippen LogP contribution in [0.3, 0.4) is 0 Å². The van der Waals surface area contributed by atoms with Crippen LogP contribution in [0.15, 0.2) is 60.7 Å². The van der Waals surface area contributed by atoms with Crippen molar-refractivity contribution in [2.24, 2.45) is 0 Å². The van der Waals surface area contributed by atoms with E-state index in [1.807, 2.05) is 36.4 Å². The fraction of sp³-hybridized carbons (Fsp3) is 0.409. The van der Waals surface area contributed by atoms with Crippen LogP contribution in [-0.4, -0.2) is 68.1 Å². The molecule has 5 nitrogen and oxygen atoms in total. The number of piperazine rings is 1. The zero-order chi connectivity index (χ0) is 18.9. The number of likely N-dealkylation sites (N-methyl/N-ethyl adjacent to an activating group) is 1. The summed E-state index contributed by atoms with van der Waals surface area (Å²) in [6.45, 7) is 4.88. The van der Waals surface area contributed by atoms with Gasteiger partial charge in [-0.05, 0) is 31.2 Å². The quantitative estimate of drug-likeness (QED) is 0.776. The van der Waals surface area contributed by atoms with E-state index in [0.717, 1.165) is 32.6 Å². The number of amides is 1. The Hall–Kier alpha value is -2.37. The van der Waals surface area contributed by atoms with Crippen molar-refractivity contribution in [2.45, 2.75) is 12.5 Å². The Morgan fingerprint density at radius 1 is 1.00 bits per heavy atom. The van der Waals surface area contributed by atoms with Gasteiger partial charge in [0.2, 0.25) is 0 Å². The second-order valence-corrected chi connectivity index (χ2v) is 7.09. The Labute approximate surface area is 161 Å². The van der Waals surface area contributed by atoms with E-state index in [2.05, 4.69) is 46.4 Å². The van der Waals surface area contributed by atoms with Crippen LogP contribution in [0.4, 0.5) is 0 Å².